The maximum absolute atomic E-state index is 11.6. The van der Waals surface area contributed by atoms with Crippen molar-refractivity contribution in [2.45, 2.75) is 19.8 Å². The molecule has 1 amide bonds. The lowest BCUT2D eigenvalue weighted by Crippen LogP contribution is -2.24. The molecule has 0 aliphatic heterocycles. The predicted molar refractivity (Wildman–Crippen MR) is 98.0 cm³/mol. The Morgan fingerprint density at radius 2 is 1.88 bits per heavy atom. The van der Waals surface area contributed by atoms with Crippen molar-refractivity contribution in [1.82, 2.24) is 5.43 Å². The van der Waals surface area contributed by atoms with E-state index in [1.54, 1.807) is 6.08 Å². The summed E-state index contributed by atoms with van der Waals surface area (Å²) in [6, 6.07) is 17.7. The summed E-state index contributed by atoms with van der Waals surface area (Å²) in [7, 11) is 0. The number of benzene rings is 2. The zero-order chi connectivity index (χ0) is 17.0. The number of nitrogens with one attached hydrogen (secondary N) is 1. The largest absolute Gasteiger partial charge is 0.484 e. The van der Waals surface area contributed by atoms with Gasteiger partial charge in [-0.25, -0.2) is 5.43 Å². The van der Waals surface area contributed by atoms with Crippen molar-refractivity contribution in [2.24, 2.45) is 5.10 Å². The SMILES string of the molecule is CCCc1ccc(OCC(=O)NN=CC=Cc2ccccc2)cc1. The Labute approximate surface area is 142 Å². The third-order valence-electron chi connectivity index (χ3n) is 3.27. The quantitative estimate of drug-likeness (QED) is 0.593. The Morgan fingerprint density at radius 3 is 2.58 bits per heavy atom. The number of rotatable bonds is 8. The van der Waals surface area contributed by atoms with Crippen LogP contribution in [0.5, 0.6) is 5.75 Å². The number of allylic oxidation sites excluding steroid dienone is 1. The lowest BCUT2D eigenvalue weighted by atomic mass is 10.1. The van der Waals surface area contributed by atoms with Crippen LogP contribution in [-0.4, -0.2) is 18.7 Å². The summed E-state index contributed by atoms with van der Waals surface area (Å²) in [5.74, 6) is 0.384. The molecule has 2 rings (SSSR count). The molecule has 0 heterocycles. The molecule has 1 N–H and O–H groups in total. The normalized spacial score (nSPS) is 11.0. The molecule has 0 saturated carbocycles. The van der Waals surface area contributed by atoms with E-state index >= 15 is 0 Å². The summed E-state index contributed by atoms with van der Waals surface area (Å²) in [4.78, 5) is 11.6. The number of aryl methyl sites for hydroxylation is 1. The van der Waals surface area contributed by atoms with Crippen LogP contribution in [0, 0.1) is 0 Å². The van der Waals surface area contributed by atoms with Crippen molar-refractivity contribution in [1.29, 1.82) is 0 Å². The van der Waals surface area contributed by atoms with Gasteiger partial charge in [0.15, 0.2) is 6.61 Å². The summed E-state index contributed by atoms with van der Waals surface area (Å²) in [5.41, 5.74) is 4.77. The van der Waals surface area contributed by atoms with Crippen molar-refractivity contribution in [3.05, 3.63) is 71.8 Å². The van der Waals surface area contributed by atoms with Gasteiger partial charge in [0.05, 0.1) is 0 Å². The molecule has 2 aromatic carbocycles. The molecule has 2 aromatic rings. The van der Waals surface area contributed by atoms with Gasteiger partial charge in [-0.05, 0) is 35.8 Å². The van der Waals surface area contributed by atoms with Gasteiger partial charge < -0.3 is 4.74 Å². The monoisotopic (exact) mass is 322 g/mol. The first-order valence-electron chi connectivity index (χ1n) is 8.03. The molecule has 0 aliphatic rings. The third kappa shape index (κ3) is 6.48. The van der Waals surface area contributed by atoms with Gasteiger partial charge in [-0.2, -0.15) is 5.10 Å². The highest BCUT2D eigenvalue weighted by molar-refractivity contribution is 5.81. The highest BCUT2D eigenvalue weighted by Crippen LogP contribution is 2.13. The molecule has 0 saturated heterocycles. The molecule has 0 unspecified atom stereocenters. The van der Waals surface area contributed by atoms with E-state index in [1.165, 1.54) is 11.8 Å². The van der Waals surface area contributed by atoms with Gasteiger partial charge in [0, 0.05) is 6.21 Å². The highest BCUT2D eigenvalue weighted by Gasteiger charge is 2.01. The van der Waals surface area contributed by atoms with Crippen molar-refractivity contribution < 1.29 is 9.53 Å². The number of ether oxygens (including phenoxy) is 1. The predicted octanol–water partition coefficient (Wildman–Crippen LogP) is 3.83. The van der Waals surface area contributed by atoms with Gasteiger partial charge in [-0.3, -0.25) is 4.79 Å². The fourth-order valence-electron chi connectivity index (χ4n) is 2.09. The molecule has 0 fully saturated rings. The Morgan fingerprint density at radius 1 is 1.12 bits per heavy atom. The maximum Gasteiger partial charge on any atom is 0.277 e. The van der Waals surface area contributed by atoms with Crippen LogP contribution in [0.2, 0.25) is 0 Å². The molecular weight excluding hydrogens is 300 g/mol. The van der Waals surface area contributed by atoms with E-state index in [9.17, 15) is 4.79 Å². The number of nitrogens with zero attached hydrogens (tertiary/aromatic N) is 1. The van der Waals surface area contributed by atoms with E-state index in [2.05, 4.69) is 17.5 Å². The number of carbonyl (C=O) groups is 1. The van der Waals surface area contributed by atoms with Gasteiger partial charge >= 0.3 is 0 Å². The van der Waals surface area contributed by atoms with E-state index in [0.29, 0.717) is 5.75 Å². The lowest BCUT2D eigenvalue weighted by molar-refractivity contribution is -0.123. The van der Waals surface area contributed by atoms with E-state index in [1.807, 2.05) is 60.7 Å². The van der Waals surface area contributed by atoms with Crippen molar-refractivity contribution in [3.63, 3.8) is 0 Å². The zero-order valence-electron chi connectivity index (χ0n) is 13.8. The molecule has 0 aliphatic carbocycles. The minimum Gasteiger partial charge on any atom is -0.484 e. The summed E-state index contributed by atoms with van der Waals surface area (Å²) >= 11 is 0. The summed E-state index contributed by atoms with van der Waals surface area (Å²) in [6.07, 6.45) is 7.36. The average Bonchev–Trinajstić information content (AvgIpc) is 2.62. The number of hydrazone groups is 1. The Balaban J connectivity index is 1.69. The van der Waals surface area contributed by atoms with Crippen LogP contribution in [0.4, 0.5) is 0 Å². The second kappa shape index (κ2) is 10.0. The van der Waals surface area contributed by atoms with E-state index in [0.717, 1.165) is 18.4 Å². The van der Waals surface area contributed by atoms with Crippen molar-refractivity contribution >= 4 is 18.2 Å². The standard InChI is InChI=1S/C20H22N2O2/c1-2-7-17-11-13-19(14-12-17)24-16-20(23)22-21-15-6-10-18-8-4-3-5-9-18/h3-6,8-15H,2,7,16H2,1H3,(H,22,23). The fraction of sp³-hybridized carbons (Fsp3) is 0.200. The van der Waals surface area contributed by atoms with Crippen LogP contribution in [0.1, 0.15) is 24.5 Å². The smallest absolute Gasteiger partial charge is 0.277 e. The second-order valence-electron chi connectivity index (χ2n) is 5.27. The molecular formula is C20H22N2O2. The van der Waals surface area contributed by atoms with Crippen LogP contribution in [0.15, 0.2) is 65.8 Å². The first kappa shape index (κ1) is 17.5. The van der Waals surface area contributed by atoms with Crippen LogP contribution in [-0.2, 0) is 11.2 Å². The van der Waals surface area contributed by atoms with Crippen LogP contribution in [0.25, 0.3) is 6.08 Å². The molecule has 124 valence electrons. The molecule has 0 spiro atoms. The zero-order valence-corrected chi connectivity index (χ0v) is 13.8. The van der Waals surface area contributed by atoms with Crippen LogP contribution < -0.4 is 10.2 Å². The average molecular weight is 322 g/mol. The Kier molecular flexibility index (Phi) is 7.28. The maximum atomic E-state index is 11.6. The van der Waals surface area contributed by atoms with E-state index in [4.69, 9.17) is 4.74 Å². The van der Waals surface area contributed by atoms with Gasteiger partial charge in [-0.1, -0.05) is 61.9 Å². The fourth-order valence-corrected chi connectivity index (χ4v) is 2.09. The molecule has 0 aromatic heterocycles. The van der Waals surface area contributed by atoms with E-state index in [-0.39, 0.29) is 12.5 Å². The molecule has 4 nitrogen and oxygen atoms in total. The molecule has 0 atom stereocenters. The second-order valence-corrected chi connectivity index (χ2v) is 5.27. The molecule has 0 bridgehead atoms. The number of amides is 1. The topological polar surface area (TPSA) is 50.7 Å². The molecule has 24 heavy (non-hydrogen) atoms. The van der Waals surface area contributed by atoms with Gasteiger partial charge in [0.2, 0.25) is 0 Å². The van der Waals surface area contributed by atoms with Gasteiger partial charge in [0.1, 0.15) is 5.75 Å². The number of hydrogen-bond donors (Lipinski definition) is 1. The van der Waals surface area contributed by atoms with Crippen molar-refractivity contribution in [3.8, 4) is 5.75 Å². The van der Waals surface area contributed by atoms with Gasteiger partial charge in [0.25, 0.3) is 5.91 Å². The first-order valence-corrected chi connectivity index (χ1v) is 8.03. The minimum absolute atomic E-state index is 0.0626. The molecule has 0 radical (unpaired) electrons. The minimum atomic E-state index is -0.294. The highest BCUT2D eigenvalue weighted by atomic mass is 16.5. The third-order valence-corrected chi connectivity index (χ3v) is 3.27. The lowest BCUT2D eigenvalue weighted by Gasteiger charge is -2.05. The number of hydrogen-bond acceptors (Lipinski definition) is 3. The summed E-state index contributed by atoms with van der Waals surface area (Å²) in [6.45, 7) is 2.08. The Bertz CT molecular complexity index is 677. The van der Waals surface area contributed by atoms with Gasteiger partial charge in [-0.15, -0.1) is 0 Å². The van der Waals surface area contributed by atoms with E-state index < -0.39 is 0 Å². The Hall–Kier alpha value is -2.88. The van der Waals surface area contributed by atoms with Crippen molar-refractivity contribution in [2.75, 3.05) is 6.61 Å². The number of carbonyl (C=O) groups excluding carboxylic acids is 1. The summed E-state index contributed by atoms with van der Waals surface area (Å²) < 4.78 is 5.42. The van der Waals surface area contributed by atoms with Crippen LogP contribution >= 0.6 is 0 Å². The van der Waals surface area contributed by atoms with Crippen LogP contribution in [0.3, 0.4) is 0 Å². The summed E-state index contributed by atoms with van der Waals surface area (Å²) in [5, 5.41) is 3.85. The first-order chi connectivity index (χ1) is 11.8. The molecule has 4 heteroatoms.